The van der Waals surface area contributed by atoms with E-state index in [0.717, 1.165) is 79.7 Å². The predicted molar refractivity (Wildman–Crippen MR) is 128 cm³/mol. The number of aromatic nitrogens is 1. The fourth-order valence-electron chi connectivity index (χ4n) is 5.74. The van der Waals surface area contributed by atoms with Crippen LogP contribution < -0.4 is 14.8 Å². The molecule has 3 aliphatic rings. The SMILES string of the molecule is COc1cc2c3c(c(N[C@H]4CCC[C@H]4OC=O)nc2cc1OCCCN1CCCC1)CCC3. The first-order chi connectivity index (χ1) is 16.3. The highest BCUT2D eigenvalue weighted by Gasteiger charge is 2.31. The molecule has 0 bridgehead atoms. The summed E-state index contributed by atoms with van der Waals surface area (Å²) in [5.41, 5.74) is 3.58. The van der Waals surface area contributed by atoms with E-state index in [0.29, 0.717) is 13.1 Å². The molecule has 178 valence electrons. The van der Waals surface area contributed by atoms with Gasteiger partial charge in [0.2, 0.25) is 0 Å². The highest BCUT2D eigenvalue weighted by atomic mass is 16.5. The van der Waals surface area contributed by atoms with E-state index in [4.69, 9.17) is 19.2 Å². The number of anilines is 1. The van der Waals surface area contributed by atoms with Crippen molar-refractivity contribution >= 4 is 23.2 Å². The molecular weight excluding hydrogens is 418 g/mol. The first-order valence-corrected chi connectivity index (χ1v) is 12.5. The van der Waals surface area contributed by atoms with Crippen molar-refractivity contribution in [3.8, 4) is 11.5 Å². The minimum atomic E-state index is -0.0811. The molecule has 1 saturated heterocycles. The van der Waals surface area contributed by atoms with Crippen LogP contribution in [0.5, 0.6) is 11.5 Å². The van der Waals surface area contributed by atoms with Gasteiger partial charge in [-0.1, -0.05) is 0 Å². The molecule has 2 heterocycles. The number of pyridine rings is 1. The second-order valence-electron chi connectivity index (χ2n) is 9.49. The Balaban J connectivity index is 1.38. The topological polar surface area (TPSA) is 72.9 Å². The highest BCUT2D eigenvalue weighted by molar-refractivity contribution is 5.89. The van der Waals surface area contributed by atoms with Crippen molar-refractivity contribution < 1.29 is 19.0 Å². The molecule has 1 aromatic heterocycles. The summed E-state index contributed by atoms with van der Waals surface area (Å²) in [5.74, 6) is 2.47. The summed E-state index contributed by atoms with van der Waals surface area (Å²) in [4.78, 5) is 18.4. The summed E-state index contributed by atoms with van der Waals surface area (Å²) in [6, 6.07) is 4.24. The second-order valence-corrected chi connectivity index (χ2v) is 9.49. The summed E-state index contributed by atoms with van der Waals surface area (Å²) < 4.78 is 17.2. The van der Waals surface area contributed by atoms with Crippen molar-refractivity contribution in [3.05, 3.63) is 23.3 Å². The normalized spacial score (nSPS) is 22.5. The van der Waals surface area contributed by atoms with Crippen LogP contribution in [0.2, 0.25) is 0 Å². The lowest BCUT2D eigenvalue weighted by Crippen LogP contribution is -2.31. The summed E-state index contributed by atoms with van der Waals surface area (Å²) in [6.45, 7) is 4.75. The van der Waals surface area contributed by atoms with Gasteiger partial charge < -0.3 is 24.4 Å². The number of fused-ring (bicyclic) bond motifs is 3. The number of likely N-dealkylation sites (tertiary alicyclic amines) is 1. The van der Waals surface area contributed by atoms with Crippen molar-refractivity contribution in [1.29, 1.82) is 0 Å². The first-order valence-electron chi connectivity index (χ1n) is 12.5. The maximum Gasteiger partial charge on any atom is 0.293 e. The van der Waals surface area contributed by atoms with Gasteiger partial charge in [0.15, 0.2) is 11.5 Å². The molecule has 2 aromatic rings. The number of nitrogens with one attached hydrogen (secondary N) is 1. The van der Waals surface area contributed by atoms with Crippen molar-refractivity contribution in [2.24, 2.45) is 0 Å². The molecular formula is C26H35N3O4. The molecule has 1 saturated carbocycles. The minimum Gasteiger partial charge on any atom is -0.493 e. The minimum absolute atomic E-state index is 0.0811. The summed E-state index contributed by atoms with van der Waals surface area (Å²) >= 11 is 0. The Kier molecular flexibility index (Phi) is 6.85. The molecule has 0 amide bonds. The van der Waals surface area contributed by atoms with Crippen LogP contribution in [-0.4, -0.2) is 61.9 Å². The lowest BCUT2D eigenvalue weighted by Gasteiger charge is -2.22. The van der Waals surface area contributed by atoms with E-state index >= 15 is 0 Å². The van der Waals surface area contributed by atoms with Crippen LogP contribution in [-0.2, 0) is 22.4 Å². The molecule has 0 unspecified atom stereocenters. The fraction of sp³-hybridized carbons (Fsp3) is 0.615. The molecule has 2 atom stereocenters. The number of nitrogens with zero attached hydrogens (tertiary/aromatic N) is 2. The predicted octanol–water partition coefficient (Wildman–Crippen LogP) is 4.10. The summed E-state index contributed by atoms with van der Waals surface area (Å²) in [5, 5.41) is 4.78. The van der Waals surface area contributed by atoms with Crippen molar-refractivity contribution in [1.82, 2.24) is 9.88 Å². The number of aryl methyl sites for hydroxylation is 1. The van der Waals surface area contributed by atoms with Crippen LogP contribution >= 0.6 is 0 Å². The molecule has 2 fully saturated rings. The largest absolute Gasteiger partial charge is 0.493 e. The third-order valence-corrected chi connectivity index (χ3v) is 7.42. The number of rotatable bonds is 10. The molecule has 33 heavy (non-hydrogen) atoms. The Bertz CT molecular complexity index is 989. The third kappa shape index (κ3) is 4.74. The van der Waals surface area contributed by atoms with Gasteiger partial charge in [0.25, 0.3) is 6.47 Å². The molecule has 1 aliphatic heterocycles. The van der Waals surface area contributed by atoms with Crippen molar-refractivity contribution in [2.75, 3.05) is 38.7 Å². The Hall–Kier alpha value is -2.54. The van der Waals surface area contributed by atoms with E-state index < -0.39 is 0 Å². The van der Waals surface area contributed by atoms with E-state index in [9.17, 15) is 4.79 Å². The quantitative estimate of drug-likeness (QED) is 0.429. The zero-order chi connectivity index (χ0) is 22.6. The molecule has 7 nitrogen and oxygen atoms in total. The lowest BCUT2D eigenvalue weighted by molar-refractivity contribution is -0.133. The number of methoxy groups -OCH3 is 1. The van der Waals surface area contributed by atoms with Gasteiger partial charge in [-0.3, -0.25) is 4.79 Å². The average molecular weight is 454 g/mol. The van der Waals surface area contributed by atoms with E-state index in [1.54, 1.807) is 7.11 Å². The highest BCUT2D eigenvalue weighted by Crippen LogP contribution is 2.40. The molecule has 0 radical (unpaired) electrons. The van der Waals surface area contributed by atoms with Gasteiger partial charge in [-0.05, 0) is 88.1 Å². The Morgan fingerprint density at radius 2 is 1.94 bits per heavy atom. The average Bonchev–Trinajstić information content (AvgIpc) is 3.59. The maximum atomic E-state index is 10.9. The number of carbonyl (C=O) groups excluding carboxylic acids is 1. The zero-order valence-electron chi connectivity index (χ0n) is 19.6. The van der Waals surface area contributed by atoms with Crippen LogP contribution in [0, 0.1) is 0 Å². The standard InChI is InChI=1S/C26H35N3O4/c1-31-24-15-20-18-7-4-8-19(18)26(27-21-9-5-10-23(21)33-17-30)28-22(20)16-25(24)32-14-6-13-29-11-2-3-12-29/h15-17,21,23H,2-14H2,1H3,(H,27,28)/t21-,23+/m0/s1. The maximum absolute atomic E-state index is 10.9. The number of ether oxygens (including phenoxy) is 3. The van der Waals surface area contributed by atoms with Gasteiger partial charge in [0.05, 0.1) is 25.3 Å². The zero-order valence-corrected chi connectivity index (χ0v) is 19.6. The van der Waals surface area contributed by atoms with Gasteiger partial charge in [0.1, 0.15) is 11.9 Å². The molecule has 1 aromatic carbocycles. The number of carbonyl (C=O) groups is 1. The van der Waals surface area contributed by atoms with Gasteiger partial charge in [-0.15, -0.1) is 0 Å². The lowest BCUT2D eigenvalue weighted by atomic mass is 10.0. The molecule has 0 spiro atoms. The van der Waals surface area contributed by atoms with Gasteiger partial charge >= 0.3 is 0 Å². The van der Waals surface area contributed by atoms with Crippen LogP contribution in [0.25, 0.3) is 10.9 Å². The third-order valence-electron chi connectivity index (χ3n) is 7.42. The van der Waals surface area contributed by atoms with Gasteiger partial charge in [-0.25, -0.2) is 4.98 Å². The fourth-order valence-corrected chi connectivity index (χ4v) is 5.74. The van der Waals surface area contributed by atoms with Gasteiger partial charge in [0, 0.05) is 18.0 Å². The summed E-state index contributed by atoms with van der Waals surface area (Å²) in [6.07, 6.45) is 9.68. The molecule has 1 N–H and O–H groups in total. The molecule has 2 aliphatic carbocycles. The second kappa shape index (κ2) is 10.2. The van der Waals surface area contributed by atoms with Crippen molar-refractivity contribution in [3.63, 3.8) is 0 Å². The van der Waals surface area contributed by atoms with Crippen LogP contribution in [0.3, 0.4) is 0 Å². The van der Waals surface area contributed by atoms with Crippen molar-refractivity contribution in [2.45, 2.75) is 69.9 Å². The smallest absolute Gasteiger partial charge is 0.293 e. The monoisotopic (exact) mass is 453 g/mol. The Morgan fingerprint density at radius 3 is 2.76 bits per heavy atom. The van der Waals surface area contributed by atoms with Crippen LogP contribution in [0.4, 0.5) is 5.82 Å². The van der Waals surface area contributed by atoms with Crippen LogP contribution in [0.15, 0.2) is 12.1 Å². The number of hydrogen-bond donors (Lipinski definition) is 1. The Labute approximate surface area is 195 Å². The first kappa shape index (κ1) is 22.3. The van der Waals surface area contributed by atoms with Crippen LogP contribution in [0.1, 0.15) is 56.1 Å². The number of hydrogen-bond acceptors (Lipinski definition) is 7. The number of benzene rings is 1. The van der Waals surface area contributed by atoms with Gasteiger partial charge in [-0.2, -0.15) is 0 Å². The summed E-state index contributed by atoms with van der Waals surface area (Å²) in [7, 11) is 1.70. The Morgan fingerprint density at radius 1 is 1.09 bits per heavy atom. The van der Waals surface area contributed by atoms with E-state index in [-0.39, 0.29) is 12.1 Å². The van der Waals surface area contributed by atoms with E-state index in [1.807, 2.05) is 6.07 Å². The molecule has 7 heteroatoms. The van der Waals surface area contributed by atoms with E-state index in [2.05, 4.69) is 16.3 Å². The molecule has 5 rings (SSSR count). The van der Waals surface area contributed by atoms with E-state index in [1.165, 1.54) is 37.1 Å².